The fourth-order valence-electron chi connectivity index (χ4n) is 4.88. The third kappa shape index (κ3) is 2.13. The van der Waals surface area contributed by atoms with Gasteiger partial charge in [0.05, 0.1) is 13.3 Å². The third-order valence-corrected chi connectivity index (χ3v) is 6.12. The fraction of sp³-hybridized carbons (Fsp3) is 0.684. The van der Waals surface area contributed by atoms with Gasteiger partial charge in [0.1, 0.15) is 5.75 Å². The van der Waals surface area contributed by atoms with Crippen LogP contribution in [0, 0.1) is 5.92 Å². The van der Waals surface area contributed by atoms with Crippen molar-refractivity contribution in [1.82, 2.24) is 4.90 Å². The Labute approximate surface area is 135 Å². The second-order valence-corrected chi connectivity index (χ2v) is 7.14. The Morgan fingerprint density at radius 2 is 2.00 bits per heavy atom. The van der Waals surface area contributed by atoms with E-state index < -0.39 is 0 Å². The van der Waals surface area contributed by atoms with Crippen molar-refractivity contribution >= 4 is 5.69 Å². The van der Waals surface area contributed by atoms with Gasteiger partial charge >= 0.3 is 0 Å². The Bertz CT molecular complexity index is 540. The summed E-state index contributed by atoms with van der Waals surface area (Å²) in [4.78, 5) is 5.03. The molecule has 3 rings (SSSR count). The Morgan fingerprint density at radius 3 is 2.64 bits per heavy atom. The highest BCUT2D eigenvalue weighted by atomic mass is 16.5. The number of ether oxygens (including phenoxy) is 1. The van der Waals surface area contributed by atoms with Crippen molar-refractivity contribution in [1.29, 1.82) is 0 Å². The maximum Gasteiger partial charge on any atom is 0.119 e. The number of likely N-dealkylation sites (N-methyl/N-ethyl adjacent to an activating group) is 2. The molecule has 1 fully saturated rings. The van der Waals surface area contributed by atoms with E-state index >= 15 is 0 Å². The molecule has 22 heavy (non-hydrogen) atoms. The Morgan fingerprint density at radius 1 is 1.27 bits per heavy atom. The van der Waals surface area contributed by atoms with E-state index in [1.54, 1.807) is 7.11 Å². The van der Waals surface area contributed by atoms with Crippen molar-refractivity contribution in [2.45, 2.75) is 51.1 Å². The summed E-state index contributed by atoms with van der Waals surface area (Å²) in [5, 5.41) is 0. The smallest absolute Gasteiger partial charge is 0.119 e. The van der Waals surface area contributed by atoms with Crippen LogP contribution in [-0.4, -0.2) is 38.8 Å². The van der Waals surface area contributed by atoms with Gasteiger partial charge in [-0.2, -0.15) is 0 Å². The van der Waals surface area contributed by atoms with Gasteiger partial charge in [-0.15, -0.1) is 0 Å². The number of fused-ring (bicyclic) bond motifs is 3. The molecule has 2 aliphatic rings. The molecule has 3 nitrogen and oxygen atoms in total. The van der Waals surface area contributed by atoms with Gasteiger partial charge in [-0.3, -0.25) is 4.90 Å². The molecule has 2 atom stereocenters. The van der Waals surface area contributed by atoms with Gasteiger partial charge in [-0.25, -0.2) is 0 Å². The van der Waals surface area contributed by atoms with Gasteiger partial charge in [-0.1, -0.05) is 26.7 Å². The summed E-state index contributed by atoms with van der Waals surface area (Å²) in [6.07, 6.45) is 5.60. The fourth-order valence-corrected chi connectivity index (χ4v) is 4.88. The normalized spacial score (nSPS) is 27.4. The van der Waals surface area contributed by atoms with Gasteiger partial charge in [0, 0.05) is 24.7 Å². The van der Waals surface area contributed by atoms with Gasteiger partial charge in [0.25, 0.3) is 0 Å². The largest absolute Gasteiger partial charge is 0.497 e. The molecule has 0 aliphatic carbocycles. The van der Waals surface area contributed by atoms with Crippen LogP contribution in [0.5, 0.6) is 5.75 Å². The lowest BCUT2D eigenvalue weighted by atomic mass is 9.71. The predicted molar refractivity (Wildman–Crippen MR) is 92.8 cm³/mol. The van der Waals surface area contributed by atoms with E-state index in [1.807, 2.05) is 0 Å². The van der Waals surface area contributed by atoms with Gasteiger partial charge in [0.2, 0.25) is 0 Å². The van der Waals surface area contributed by atoms with Crippen LogP contribution < -0.4 is 9.64 Å². The highest BCUT2D eigenvalue weighted by Crippen LogP contribution is 2.55. The number of hydrogen-bond acceptors (Lipinski definition) is 3. The molecule has 0 bridgehead atoms. The lowest BCUT2D eigenvalue weighted by Gasteiger charge is -2.37. The standard InChI is InChI=1S/C19H30N2O/c1-6-14(7-2)13-19-10-11-20(3)18(19)21(4)17-9-8-15(22-5)12-16(17)19/h8-9,12,14,18H,6-7,10-11,13H2,1-5H3. The molecule has 2 unspecified atom stereocenters. The minimum absolute atomic E-state index is 0.268. The van der Waals surface area contributed by atoms with Crippen LogP contribution in [0.1, 0.15) is 45.1 Å². The number of nitrogens with zero attached hydrogens (tertiary/aromatic N) is 2. The van der Waals surface area contributed by atoms with Crippen molar-refractivity contribution in [3.8, 4) is 5.75 Å². The molecule has 1 aromatic rings. The van der Waals surface area contributed by atoms with E-state index in [0.29, 0.717) is 6.17 Å². The summed E-state index contributed by atoms with van der Waals surface area (Å²) in [6.45, 7) is 5.86. The number of methoxy groups -OCH3 is 1. The Hall–Kier alpha value is -1.22. The Kier molecular flexibility index (Phi) is 4.11. The first-order chi connectivity index (χ1) is 10.6. The molecule has 0 spiro atoms. The molecule has 2 aliphatic heterocycles. The van der Waals surface area contributed by atoms with Crippen LogP contribution in [0.3, 0.4) is 0 Å². The van der Waals surface area contributed by atoms with Crippen molar-refractivity contribution in [2.75, 3.05) is 32.6 Å². The van der Waals surface area contributed by atoms with Crippen LogP contribution in [0.25, 0.3) is 0 Å². The first-order valence-electron chi connectivity index (χ1n) is 8.69. The Balaban J connectivity index is 2.09. The van der Waals surface area contributed by atoms with E-state index in [-0.39, 0.29) is 5.41 Å². The monoisotopic (exact) mass is 302 g/mol. The van der Waals surface area contributed by atoms with Gasteiger partial charge < -0.3 is 9.64 Å². The minimum atomic E-state index is 0.268. The number of anilines is 1. The van der Waals surface area contributed by atoms with Crippen molar-refractivity contribution < 1.29 is 4.74 Å². The van der Waals surface area contributed by atoms with Crippen molar-refractivity contribution in [3.63, 3.8) is 0 Å². The average molecular weight is 302 g/mol. The summed E-state index contributed by atoms with van der Waals surface area (Å²) in [7, 11) is 6.30. The zero-order valence-corrected chi connectivity index (χ0v) is 14.7. The maximum absolute atomic E-state index is 5.52. The van der Waals surface area contributed by atoms with Gasteiger partial charge in [-0.05, 0) is 49.6 Å². The van der Waals surface area contributed by atoms with E-state index in [9.17, 15) is 0 Å². The molecule has 3 heteroatoms. The first kappa shape index (κ1) is 15.7. The van der Waals surface area contributed by atoms with Crippen LogP contribution >= 0.6 is 0 Å². The molecule has 1 saturated heterocycles. The molecule has 0 radical (unpaired) electrons. The predicted octanol–water partition coefficient (Wildman–Crippen LogP) is 3.87. The lowest BCUT2D eigenvalue weighted by Crippen LogP contribution is -2.47. The summed E-state index contributed by atoms with van der Waals surface area (Å²) < 4.78 is 5.52. The quantitative estimate of drug-likeness (QED) is 0.821. The van der Waals surface area contributed by atoms with E-state index in [1.165, 1.54) is 43.5 Å². The van der Waals surface area contributed by atoms with E-state index in [0.717, 1.165) is 11.7 Å². The third-order valence-electron chi connectivity index (χ3n) is 6.12. The molecular weight excluding hydrogens is 272 g/mol. The van der Waals surface area contributed by atoms with E-state index in [4.69, 9.17) is 4.74 Å². The van der Waals surface area contributed by atoms with Crippen molar-refractivity contribution in [2.24, 2.45) is 5.92 Å². The van der Waals surface area contributed by atoms with Crippen LogP contribution in [0.2, 0.25) is 0 Å². The van der Waals surface area contributed by atoms with Gasteiger partial charge in [0.15, 0.2) is 0 Å². The molecule has 0 amide bonds. The number of likely N-dealkylation sites (tertiary alicyclic amines) is 1. The summed E-state index contributed by atoms with van der Waals surface area (Å²) in [5.41, 5.74) is 3.17. The molecular formula is C19H30N2O. The molecule has 0 aromatic heterocycles. The molecule has 0 N–H and O–H groups in total. The highest BCUT2D eigenvalue weighted by molar-refractivity contribution is 5.66. The topological polar surface area (TPSA) is 15.7 Å². The zero-order valence-electron chi connectivity index (χ0n) is 14.7. The molecule has 0 saturated carbocycles. The summed E-state index contributed by atoms with van der Waals surface area (Å²) in [5.74, 6) is 1.80. The van der Waals surface area contributed by atoms with Crippen LogP contribution in [0.15, 0.2) is 18.2 Å². The second-order valence-electron chi connectivity index (χ2n) is 7.14. The zero-order chi connectivity index (χ0) is 15.9. The molecule has 122 valence electrons. The second kappa shape index (κ2) is 5.77. The maximum atomic E-state index is 5.52. The number of benzene rings is 1. The highest BCUT2D eigenvalue weighted by Gasteiger charge is 2.55. The lowest BCUT2D eigenvalue weighted by molar-refractivity contribution is 0.219. The first-order valence-corrected chi connectivity index (χ1v) is 8.69. The number of rotatable bonds is 5. The minimum Gasteiger partial charge on any atom is -0.497 e. The van der Waals surface area contributed by atoms with Crippen LogP contribution in [-0.2, 0) is 5.41 Å². The van der Waals surface area contributed by atoms with E-state index in [2.05, 4.69) is 55.9 Å². The SMILES string of the molecule is CCC(CC)CC12CCN(C)C1N(C)c1ccc(OC)cc12. The number of hydrogen-bond donors (Lipinski definition) is 0. The van der Waals surface area contributed by atoms with Crippen LogP contribution in [0.4, 0.5) is 5.69 Å². The summed E-state index contributed by atoms with van der Waals surface area (Å²) >= 11 is 0. The molecule has 2 heterocycles. The summed E-state index contributed by atoms with van der Waals surface area (Å²) in [6, 6.07) is 6.64. The average Bonchev–Trinajstić information content (AvgIpc) is 2.99. The van der Waals surface area contributed by atoms with Crippen molar-refractivity contribution in [3.05, 3.63) is 23.8 Å². The molecule has 1 aromatic carbocycles.